The van der Waals surface area contributed by atoms with E-state index < -0.39 is 18.0 Å². The highest BCUT2D eigenvalue weighted by atomic mass is 32.2. The van der Waals surface area contributed by atoms with E-state index in [0.29, 0.717) is 34.4 Å². The van der Waals surface area contributed by atoms with Crippen LogP contribution in [0.3, 0.4) is 0 Å². The Morgan fingerprint density at radius 1 is 1.20 bits per heavy atom. The van der Waals surface area contributed by atoms with Crippen molar-refractivity contribution in [3.05, 3.63) is 35.0 Å². The zero-order chi connectivity index (χ0) is 22.0. The Morgan fingerprint density at radius 2 is 1.93 bits per heavy atom. The van der Waals surface area contributed by atoms with E-state index in [1.807, 2.05) is 6.92 Å². The molecule has 0 aliphatic carbocycles. The number of carbonyl (C=O) groups is 3. The average molecular weight is 432 g/mol. The van der Waals surface area contributed by atoms with Crippen LogP contribution >= 0.6 is 11.8 Å². The van der Waals surface area contributed by atoms with Gasteiger partial charge >= 0.3 is 11.9 Å². The molecule has 2 heterocycles. The van der Waals surface area contributed by atoms with Crippen molar-refractivity contribution in [1.82, 2.24) is 4.90 Å². The van der Waals surface area contributed by atoms with E-state index in [4.69, 9.17) is 14.2 Å². The number of allylic oxidation sites excluding steroid dienone is 1. The van der Waals surface area contributed by atoms with Gasteiger partial charge in [-0.15, -0.1) is 0 Å². The fraction of sp³-hybridized carbons (Fsp3) is 0.429. The molecule has 1 amide bonds. The summed E-state index contributed by atoms with van der Waals surface area (Å²) in [5, 5.41) is 0.234. The number of amidine groups is 1. The number of esters is 2. The highest BCUT2D eigenvalue weighted by molar-refractivity contribution is 8.15. The van der Waals surface area contributed by atoms with Gasteiger partial charge in [0.1, 0.15) is 0 Å². The van der Waals surface area contributed by atoms with E-state index in [1.165, 1.54) is 23.6 Å². The maximum absolute atomic E-state index is 12.9. The summed E-state index contributed by atoms with van der Waals surface area (Å²) in [6.45, 7) is 8.93. The lowest BCUT2D eigenvalue weighted by Gasteiger charge is -2.33. The first-order valence-corrected chi connectivity index (χ1v) is 10.6. The molecule has 0 N–H and O–H groups in total. The number of thioether (sulfide) groups is 1. The SMILES string of the molecule is CCOC(=O)C1=C(C)N=C2S[C@@H](C)C(=O)N2[C@H]1c1ccc(OC(C)=O)c(OCC)c1. The molecule has 2 aliphatic rings. The van der Waals surface area contributed by atoms with Gasteiger partial charge in [-0.2, -0.15) is 0 Å². The van der Waals surface area contributed by atoms with Gasteiger partial charge in [-0.05, 0) is 45.4 Å². The van der Waals surface area contributed by atoms with Gasteiger partial charge in [0, 0.05) is 6.92 Å². The van der Waals surface area contributed by atoms with Crippen molar-refractivity contribution < 1.29 is 28.6 Å². The zero-order valence-corrected chi connectivity index (χ0v) is 18.4. The van der Waals surface area contributed by atoms with Gasteiger partial charge in [-0.25, -0.2) is 9.79 Å². The van der Waals surface area contributed by atoms with Crippen LogP contribution in [0.1, 0.15) is 46.2 Å². The van der Waals surface area contributed by atoms with E-state index in [9.17, 15) is 14.4 Å². The molecule has 160 valence electrons. The number of hydrogen-bond donors (Lipinski definition) is 0. The van der Waals surface area contributed by atoms with Crippen molar-refractivity contribution >= 4 is 34.8 Å². The number of carbonyl (C=O) groups excluding carboxylic acids is 3. The number of nitrogens with zero attached hydrogens (tertiary/aromatic N) is 2. The lowest BCUT2D eigenvalue weighted by atomic mass is 9.94. The van der Waals surface area contributed by atoms with Gasteiger partial charge < -0.3 is 14.2 Å². The highest BCUT2D eigenvalue weighted by Gasteiger charge is 2.46. The first kappa shape index (κ1) is 21.9. The number of benzene rings is 1. The van der Waals surface area contributed by atoms with Crippen LogP contribution < -0.4 is 9.47 Å². The summed E-state index contributed by atoms with van der Waals surface area (Å²) in [4.78, 5) is 43.2. The van der Waals surface area contributed by atoms with Gasteiger partial charge in [-0.1, -0.05) is 17.8 Å². The third-order valence-electron chi connectivity index (χ3n) is 4.59. The maximum Gasteiger partial charge on any atom is 0.338 e. The topological polar surface area (TPSA) is 94.5 Å². The number of ether oxygens (including phenoxy) is 3. The Kier molecular flexibility index (Phi) is 6.50. The molecular weight excluding hydrogens is 408 g/mol. The fourth-order valence-corrected chi connectivity index (χ4v) is 4.42. The minimum Gasteiger partial charge on any atom is -0.490 e. The van der Waals surface area contributed by atoms with Gasteiger partial charge in [0.25, 0.3) is 0 Å². The van der Waals surface area contributed by atoms with Crippen molar-refractivity contribution in [2.45, 2.75) is 45.9 Å². The third-order valence-corrected chi connectivity index (χ3v) is 5.64. The predicted molar refractivity (Wildman–Crippen MR) is 112 cm³/mol. The lowest BCUT2D eigenvalue weighted by Crippen LogP contribution is -2.40. The molecule has 1 fully saturated rings. The van der Waals surface area contributed by atoms with E-state index in [2.05, 4.69) is 4.99 Å². The summed E-state index contributed by atoms with van der Waals surface area (Å²) < 4.78 is 16.1. The smallest absolute Gasteiger partial charge is 0.338 e. The Hall–Kier alpha value is -2.81. The predicted octanol–water partition coefficient (Wildman–Crippen LogP) is 3.22. The molecule has 0 saturated carbocycles. The van der Waals surface area contributed by atoms with E-state index in [1.54, 1.807) is 39.0 Å². The summed E-state index contributed by atoms with van der Waals surface area (Å²) in [6, 6.07) is 4.28. The molecule has 1 aromatic carbocycles. The van der Waals surface area contributed by atoms with Gasteiger partial charge in [-0.3, -0.25) is 14.5 Å². The summed E-state index contributed by atoms with van der Waals surface area (Å²) in [6.07, 6.45) is 0. The molecule has 0 aromatic heterocycles. The molecule has 0 radical (unpaired) electrons. The normalized spacial score (nSPS) is 20.6. The molecule has 8 nitrogen and oxygen atoms in total. The second-order valence-corrected chi connectivity index (χ2v) is 8.03. The molecule has 1 saturated heterocycles. The Balaban J connectivity index is 2.15. The number of rotatable bonds is 6. The zero-order valence-electron chi connectivity index (χ0n) is 17.6. The van der Waals surface area contributed by atoms with Crippen molar-refractivity contribution in [2.24, 2.45) is 4.99 Å². The van der Waals surface area contributed by atoms with Crippen LogP contribution in [0, 0.1) is 0 Å². The first-order chi connectivity index (χ1) is 14.3. The summed E-state index contributed by atoms with van der Waals surface area (Å²) in [5.74, 6) is -0.518. The number of fused-ring (bicyclic) bond motifs is 1. The molecule has 2 atom stereocenters. The van der Waals surface area contributed by atoms with E-state index in [0.717, 1.165) is 0 Å². The molecule has 30 heavy (non-hydrogen) atoms. The van der Waals surface area contributed by atoms with Crippen molar-refractivity contribution in [3.63, 3.8) is 0 Å². The second-order valence-electron chi connectivity index (χ2n) is 6.72. The maximum atomic E-state index is 12.9. The molecule has 2 aliphatic heterocycles. The summed E-state index contributed by atoms with van der Waals surface area (Å²) in [5.41, 5.74) is 1.43. The molecule has 1 aromatic rings. The lowest BCUT2D eigenvalue weighted by molar-refractivity contribution is -0.139. The molecule has 0 unspecified atom stereocenters. The first-order valence-electron chi connectivity index (χ1n) is 9.69. The number of hydrogen-bond acceptors (Lipinski definition) is 8. The van der Waals surface area contributed by atoms with Gasteiger partial charge in [0.05, 0.1) is 35.8 Å². The van der Waals surface area contributed by atoms with Crippen LogP contribution in [0.15, 0.2) is 34.5 Å². The molecular formula is C21H24N2O6S. The van der Waals surface area contributed by atoms with Crippen molar-refractivity contribution in [2.75, 3.05) is 13.2 Å². The van der Waals surface area contributed by atoms with Crippen LogP contribution in [0.2, 0.25) is 0 Å². The van der Waals surface area contributed by atoms with Crippen LogP contribution in [0.5, 0.6) is 11.5 Å². The summed E-state index contributed by atoms with van der Waals surface area (Å²) >= 11 is 1.35. The van der Waals surface area contributed by atoms with Gasteiger partial charge in [0.15, 0.2) is 16.7 Å². The molecule has 3 rings (SSSR count). The Morgan fingerprint density at radius 3 is 2.57 bits per heavy atom. The van der Waals surface area contributed by atoms with Crippen LogP contribution in [0.25, 0.3) is 0 Å². The van der Waals surface area contributed by atoms with E-state index in [-0.39, 0.29) is 23.5 Å². The standard InChI is InChI=1S/C21H24N2O6S/c1-6-27-16-10-14(8-9-15(16)29-13(5)24)18-17(20(26)28-7-2)11(3)22-21-23(18)19(25)12(4)30-21/h8-10,12,18H,6-7H2,1-5H3/t12-,18-/m0/s1. The van der Waals surface area contributed by atoms with Crippen LogP contribution in [-0.2, 0) is 19.1 Å². The van der Waals surface area contributed by atoms with Crippen molar-refractivity contribution in [3.8, 4) is 11.5 Å². The Labute approximate surface area is 179 Å². The molecule has 9 heteroatoms. The third kappa shape index (κ3) is 4.07. The second kappa shape index (κ2) is 8.91. The largest absolute Gasteiger partial charge is 0.490 e. The summed E-state index contributed by atoms with van der Waals surface area (Å²) in [7, 11) is 0. The quantitative estimate of drug-likeness (QED) is 0.503. The average Bonchev–Trinajstić information content (AvgIpc) is 2.95. The highest BCUT2D eigenvalue weighted by Crippen LogP contribution is 2.44. The molecule has 0 bridgehead atoms. The van der Waals surface area contributed by atoms with Crippen LogP contribution in [0.4, 0.5) is 0 Å². The van der Waals surface area contributed by atoms with E-state index >= 15 is 0 Å². The fourth-order valence-electron chi connectivity index (χ4n) is 3.39. The number of aliphatic imine (C=N–C) groups is 1. The van der Waals surface area contributed by atoms with Crippen LogP contribution in [-0.4, -0.2) is 46.4 Å². The minimum atomic E-state index is -0.716. The van der Waals surface area contributed by atoms with Crippen molar-refractivity contribution in [1.29, 1.82) is 0 Å². The number of amides is 1. The minimum absolute atomic E-state index is 0.139. The van der Waals surface area contributed by atoms with Gasteiger partial charge in [0.2, 0.25) is 5.91 Å². The molecule has 0 spiro atoms. The Bertz CT molecular complexity index is 955. The monoisotopic (exact) mass is 432 g/mol.